The van der Waals surface area contributed by atoms with E-state index in [-0.39, 0.29) is 31.3 Å². The molecular weight excluding hydrogens is 335 g/mol. The lowest BCUT2D eigenvalue weighted by molar-refractivity contribution is -0.130. The third kappa shape index (κ3) is 4.23. The van der Waals surface area contributed by atoms with Crippen molar-refractivity contribution >= 4 is 15.9 Å². The van der Waals surface area contributed by atoms with Crippen molar-refractivity contribution in [3.05, 3.63) is 0 Å². The van der Waals surface area contributed by atoms with Crippen molar-refractivity contribution < 1.29 is 17.6 Å². The van der Waals surface area contributed by atoms with Gasteiger partial charge in [0.15, 0.2) is 0 Å². The van der Waals surface area contributed by atoms with Crippen LogP contribution in [0.5, 0.6) is 0 Å². The van der Waals surface area contributed by atoms with E-state index in [9.17, 15) is 17.6 Å². The van der Waals surface area contributed by atoms with Crippen LogP contribution in [0, 0.1) is 17.2 Å². The fraction of sp³-hybridized carbons (Fsp3) is 0.867. The fourth-order valence-electron chi connectivity index (χ4n) is 3.16. The zero-order valence-electron chi connectivity index (χ0n) is 14.1. The van der Waals surface area contributed by atoms with Gasteiger partial charge in [-0.1, -0.05) is 0 Å². The van der Waals surface area contributed by atoms with Crippen molar-refractivity contribution in [2.24, 2.45) is 5.92 Å². The van der Waals surface area contributed by atoms with E-state index in [1.807, 2.05) is 6.07 Å². The number of carbonyl (C=O) groups is 1. The first-order chi connectivity index (χ1) is 11.3. The third-order valence-corrected chi connectivity index (χ3v) is 6.88. The summed E-state index contributed by atoms with van der Waals surface area (Å²) >= 11 is 0. The molecule has 2 aliphatic rings. The molecule has 1 N–H and O–H groups in total. The highest BCUT2D eigenvalue weighted by Gasteiger charge is 2.36. The number of halogens is 1. The van der Waals surface area contributed by atoms with E-state index in [0.29, 0.717) is 19.6 Å². The maximum absolute atomic E-state index is 13.3. The minimum atomic E-state index is -3.23. The summed E-state index contributed by atoms with van der Waals surface area (Å²) < 4.78 is 39.1. The molecule has 9 heteroatoms. The summed E-state index contributed by atoms with van der Waals surface area (Å²) in [5, 5.41) is 11.5. The number of carbonyl (C=O) groups excluding carboxylic acids is 1. The molecular formula is C15H25FN4O3S. The molecule has 136 valence electrons. The van der Waals surface area contributed by atoms with Crippen molar-refractivity contribution in [1.82, 2.24) is 14.5 Å². The van der Waals surface area contributed by atoms with Gasteiger partial charge in [0.05, 0.1) is 24.4 Å². The highest BCUT2D eigenvalue weighted by Crippen LogP contribution is 2.22. The van der Waals surface area contributed by atoms with Gasteiger partial charge in [-0.05, 0) is 32.7 Å². The topological polar surface area (TPSA) is 93.5 Å². The lowest BCUT2D eigenvalue weighted by Crippen LogP contribution is -2.42. The first-order valence-electron chi connectivity index (χ1n) is 8.28. The Morgan fingerprint density at radius 1 is 1.42 bits per heavy atom. The molecule has 7 nitrogen and oxygen atoms in total. The number of nitrogens with one attached hydrogen (secondary N) is 1. The summed E-state index contributed by atoms with van der Waals surface area (Å²) in [5.74, 6) is -0.128. The lowest BCUT2D eigenvalue weighted by atomic mass is 10.1. The monoisotopic (exact) mass is 360 g/mol. The van der Waals surface area contributed by atoms with E-state index in [0.717, 1.165) is 6.42 Å². The normalized spacial score (nSPS) is 28.5. The number of amides is 1. The average Bonchev–Trinajstić information content (AvgIpc) is 3.13. The first kappa shape index (κ1) is 19.1. The van der Waals surface area contributed by atoms with Gasteiger partial charge in [0.2, 0.25) is 15.9 Å². The quantitative estimate of drug-likeness (QED) is 0.725. The maximum atomic E-state index is 13.3. The van der Waals surface area contributed by atoms with Gasteiger partial charge in [0.1, 0.15) is 12.2 Å². The van der Waals surface area contributed by atoms with E-state index in [4.69, 9.17) is 5.26 Å². The predicted molar refractivity (Wildman–Crippen MR) is 87.2 cm³/mol. The van der Waals surface area contributed by atoms with Gasteiger partial charge in [-0.15, -0.1) is 0 Å². The average molecular weight is 360 g/mol. The maximum Gasteiger partial charge on any atom is 0.237 e. The van der Waals surface area contributed by atoms with E-state index in [2.05, 4.69) is 5.32 Å². The van der Waals surface area contributed by atoms with Crippen LogP contribution in [0.15, 0.2) is 0 Å². The fourth-order valence-corrected chi connectivity index (χ4v) is 4.54. The van der Waals surface area contributed by atoms with Gasteiger partial charge in [-0.3, -0.25) is 4.79 Å². The molecule has 2 saturated heterocycles. The second kappa shape index (κ2) is 7.76. The zero-order valence-corrected chi connectivity index (χ0v) is 14.9. The molecule has 0 spiro atoms. The van der Waals surface area contributed by atoms with Crippen LogP contribution in [-0.2, 0) is 14.8 Å². The molecule has 2 aliphatic heterocycles. The Balaban J connectivity index is 1.76. The number of alkyl halides is 1. The van der Waals surface area contributed by atoms with Crippen molar-refractivity contribution in [3.63, 3.8) is 0 Å². The van der Waals surface area contributed by atoms with E-state index < -0.39 is 27.5 Å². The molecule has 0 aromatic rings. The van der Waals surface area contributed by atoms with Crippen LogP contribution < -0.4 is 5.32 Å². The van der Waals surface area contributed by atoms with Crippen molar-refractivity contribution in [2.45, 2.75) is 44.2 Å². The molecule has 2 heterocycles. The van der Waals surface area contributed by atoms with E-state index in [1.165, 1.54) is 9.21 Å². The Morgan fingerprint density at radius 3 is 2.75 bits per heavy atom. The van der Waals surface area contributed by atoms with Gasteiger partial charge in [0.25, 0.3) is 0 Å². The summed E-state index contributed by atoms with van der Waals surface area (Å²) in [5.41, 5.74) is 0. The highest BCUT2D eigenvalue weighted by molar-refractivity contribution is 7.89. The molecule has 1 amide bonds. The van der Waals surface area contributed by atoms with Gasteiger partial charge in [-0.25, -0.2) is 17.1 Å². The van der Waals surface area contributed by atoms with Crippen LogP contribution in [0.3, 0.4) is 0 Å². The number of likely N-dealkylation sites (tertiary alicyclic amines) is 1. The zero-order chi connectivity index (χ0) is 17.9. The summed E-state index contributed by atoms with van der Waals surface area (Å²) in [7, 11) is -3.23. The van der Waals surface area contributed by atoms with Crippen LogP contribution >= 0.6 is 0 Å². The molecule has 0 aromatic heterocycles. The highest BCUT2D eigenvalue weighted by atomic mass is 32.2. The van der Waals surface area contributed by atoms with Crippen LogP contribution in [0.25, 0.3) is 0 Å². The molecule has 0 aliphatic carbocycles. The number of rotatable bonds is 6. The molecule has 24 heavy (non-hydrogen) atoms. The molecule has 0 aromatic carbocycles. The largest absolute Gasteiger partial charge is 0.323 e. The first-order valence-corrected chi connectivity index (χ1v) is 9.78. The minimum Gasteiger partial charge on any atom is -0.323 e. The second-order valence-electron chi connectivity index (χ2n) is 6.76. The van der Waals surface area contributed by atoms with Crippen LogP contribution in [0.2, 0.25) is 0 Å². The van der Waals surface area contributed by atoms with Gasteiger partial charge >= 0.3 is 0 Å². The Labute approximate surface area is 142 Å². The number of hydrogen-bond donors (Lipinski definition) is 1. The number of sulfonamides is 1. The SMILES string of the molecule is CC(C)S(=O)(=O)N1CCC(CNCC(=O)N2C[C@@H](F)C[C@H]2C#N)C1. The van der Waals surface area contributed by atoms with Crippen LogP contribution in [0.1, 0.15) is 26.7 Å². The van der Waals surface area contributed by atoms with Gasteiger partial charge in [-0.2, -0.15) is 5.26 Å². The molecule has 3 atom stereocenters. The number of nitriles is 1. The van der Waals surface area contributed by atoms with E-state index in [1.54, 1.807) is 13.8 Å². The predicted octanol–water partition coefficient (Wildman–Crippen LogP) is 0.0987. The smallest absolute Gasteiger partial charge is 0.237 e. The molecule has 1 unspecified atom stereocenters. The van der Waals surface area contributed by atoms with Gasteiger partial charge < -0.3 is 10.2 Å². The molecule has 2 fully saturated rings. The minimum absolute atomic E-state index is 0.0252. The van der Waals surface area contributed by atoms with Crippen molar-refractivity contribution in [3.8, 4) is 6.07 Å². The molecule has 0 saturated carbocycles. The Kier molecular flexibility index (Phi) is 6.17. The molecule has 2 rings (SSSR count). The Hall–Kier alpha value is -1.24. The standard InChI is InChI=1S/C15H25FN4O3S/c1-11(2)24(22,23)19-4-3-12(9-19)7-18-8-15(21)20-10-13(16)5-14(20)6-17/h11-14,18H,3-5,7-10H2,1-2H3/t12?,13-,14-/m0/s1. The van der Waals surface area contributed by atoms with Crippen molar-refractivity contribution in [1.29, 1.82) is 5.26 Å². The summed E-state index contributed by atoms with van der Waals surface area (Å²) in [6.45, 7) is 4.84. The summed E-state index contributed by atoms with van der Waals surface area (Å²) in [6.07, 6.45) is -0.305. The lowest BCUT2D eigenvalue weighted by Gasteiger charge is -2.21. The molecule has 0 bridgehead atoms. The summed E-state index contributed by atoms with van der Waals surface area (Å²) in [4.78, 5) is 13.4. The van der Waals surface area contributed by atoms with E-state index >= 15 is 0 Å². The Bertz CT molecular complexity index is 604. The summed E-state index contributed by atoms with van der Waals surface area (Å²) in [6, 6.07) is 1.27. The van der Waals surface area contributed by atoms with Gasteiger partial charge in [0, 0.05) is 19.5 Å². The van der Waals surface area contributed by atoms with Crippen LogP contribution in [0.4, 0.5) is 4.39 Å². The van der Waals surface area contributed by atoms with Crippen molar-refractivity contribution in [2.75, 3.05) is 32.7 Å². The Morgan fingerprint density at radius 2 is 2.12 bits per heavy atom. The molecule has 0 radical (unpaired) electrons. The number of hydrogen-bond acceptors (Lipinski definition) is 5. The second-order valence-corrected chi connectivity index (χ2v) is 9.25. The van der Waals surface area contributed by atoms with Crippen LogP contribution in [-0.4, -0.2) is 73.7 Å². The number of nitrogens with zero attached hydrogens (tertiary/aromatic N) is 3. The third-order valence-electron chi connectivity index (χ3n) is 4.63.